The monoisotopic (exact) mass is 290 g/mol. The summed E-state index contributed by atoms with van der Waals surface area (Å²) in [6.07, 6.45) is 2.41. The molecule has 0 bridgehead atoms. The highest BCUT2D eigenvalue weighted by Crippen LogP contribution is 2.39. The molecule has 1 atom stereocenters. The number of sulfonamides is 1. The largest absolute Gasteiger partial charge is 0.373 e. The maximum atomic E-state index is 12.6. The van der Waals surface area contributed by atoms with Gasteiger partial charge in [0.1, 0.15) is 6.67 Å². The summed E-state index contributed by atoms with van der Waals surface area (Å²) in [6, 6.07) is 2.19. The minimum Gasteiger partial charge on any atom is -0.373 e. The second-order valence-electron chi connectivity index (χ2n) is 5.36. The average molecular weight is 290 g/mol. The molecule has 0 amide bonds. The predicted octanol–water partition coefficient (Wildman–Crippen LogP) is 1.07. The van der Waals surface area contributed by atoms with Gasteiger partial charge in [0.15, 0.2) is 0 Å². The molecule has 0 aromatic heterocycles. The zero-order chi connectivity index (χ0) is 13.9. The Bertz CT molecular complexity index is 454. The van der Waals surface area contributed by atoms with Crippen molar-refractivity contribution in [3.05, 3.63) is 0 Å². The van der Waals surface area contributed by atoms with Crippen LogP contribution in [0.25, 0.3) is 0 Å². The predicted molar refractivity (Wildman–Crippen MR) is 67.6 cm³/mol. The van der Waals surface area contributed by atoms with Crippen LogP contribution in [-0.4, -0.2) is 51.0 Å². The molecule has 0 aromatic rings. The lowest BCUT2D eigenvalue weighted by atomic mass is 9.91. The fourth-order valence-electron chi connectivity index (χ4n) is 2.82. The van der Waals surface area contributed by atoms with E-state index in [1.165, 1.54) is 4.31 Å². The number of hydrogen-bond acceptors (Lipinski definition) is 4. The number of halogens is 1. The van der Waals surface area contributed by atoms with Crippen molar-refractivity contribution in [1.29, 1.82) is 5.26 Å². The second kappa shape index (κ2) is 5.73. The second-order valence-corrected chi connectivity index (χ2v) is 7.33. The molecule has 1 aliphatic heterocycles. The van der Waals surface area contributed by atoms with Crippen LogP contribution in [0, 0.1) is 16.7 Å². The van der Waals surface area contributed by atoms with E-state index in [-0.39, 0.29) is 25.4 Å². The molecule has 0 spiro atoms. The Morgan fingerprint density at radius 1 is 1.42 bits per heavy atom. The Morgan fingerprint density at radius 3 is 2.68 bits per heavy atom. The molecule has 0 N–H and O–H groups in total. The highest BCUT2D eigenvalue weighted by Gasteiger charge is 2.41. The third-order valence-electron chi connectivity index (χ3n) is 3.92. The summed E-state index contributed by atoms with van der Waals surface area (Å²) < 4.78 is 43.7. The van der Waals surface area contributed by atoms with Gasteiger partial charge in [-0.2, -0.15) is 9.57 Å². The van der Waals surface area contributed by atoms with Crippen molar-refractivity contribution in [3.63, 3.8) is 0 Å². The van der Waals surface area contributed by atoms with Crippen molar-refractivity contribution in [3.8, 4) is 6.07 Å². The minimum absolute atomic E-state index is 0.0559. The summed E-state index contributed by atoms with van der Waals surface area (Å²) in [4.78, 5) is 0. The molecule has 1 aliphatic carbocycles. The summed E-state index contributed by atoms with van der Waals surface area (Å²) in [5.74, 6) is -0.143. The molecular formula is C12H19FN2O3S. The number of nitriles is 1. The van der Waals surface area contributed by atoms with E-state index >= 15 is 0 Å². The molecule has 0 aromatic carbocycles. The van der Waals surface area contributed by atoms with E-state index in [4.69, 9.17) is 4.74 Å². The van der Waals surface area contributed by atoms with Crippen LogP contribution in [0.2, 0.25) is 0 Å². The third kappa shape index (κ3) is 3.25. The molecule has 2 aliphatic rings. The van der Waals surface area contributed by atoms with E-state index < -0.39 is 28.2 Å². The lowest BCUT2D eigenvalue weighted by Crippen LogP contribution is -2.48. The van der Waals surface area contributed by atoms with Gasteiger partial charge in [0, 0.05) is 13.1 Å². The van der Waals surface area contributed by atoms with Crippen LogP contribution >= 0.6 is 0 Å². The zero-order valence-electron chi connectivity index (χ0n) is 10.8. The first kappa shape index (κ1) is 14.7. The van der Waals surface area contributed by atoms with Crippen LogP contribution in [0.3, 0.4) is 0 Å². The summed E-state index contributed by atoms with van der Waals surface area (Å²) >= 11 is 0. The summed E-state index contributed by atoms with van der Waals surface area (Å²) in [6.45, 7) is -0.163. The highest BCUT2D eigenvalue weighted by molar-refractivity contribution is 7.89. The van der Waals surface area contributed by atoms with Gasteiger partial charge >= 0.3 is 0 Å². The maximum Gasteiger partial charge on any atom is 0.215 e. The number of morpholine rings is 1. The highest BCUT2D eigenvalue weighted by atomic mass is 32.2. The number of hydrogen-bond donors (Lipinski definition) is 0. The Balaban J connectivity index is 2.07. The molecule has 7 heteroatoms. The molecule has 2 rings (SSSR count). The topological polar surface area (TPSA) is 70.4 Å². The van der Waals surface area contributed by atoms with Crippen molar-refractivity contribution in [1.82, 2.24) is 4.31 Å². The van der Waals surface area contributed by atoms with Gasteiger partial charge in [-0.15, -0.1) is 0 Å². The van der Waals surface area contributed by atoms with Gasteiger partial charge in [-0.05, 0) is 12.8 Å². The van der Waals surface area contributed by atoms with E-state index in [0.29, 0.717) is 12.8 Å². The van der Waals surface area contributed by atoms with Crippen LogP contribution in [-0.2, 0) is 14.8 Å². The molecule has 108 valence electrons. The summed E-state index contributed by atoms with van der Waals surface area (Å²) in [5, 5.41) is 9.26. The van der Waals surface area contributed by atoms with E-state index in [2.05, 4.69) is 6.07 Å². The van der Waals surface area contributed by atoms with Crippen LogP contribution in [0.15, 0.2) is 0 Å². The van der Waals surface area contributed by atoms with Gasteiger partial charge in [0.05, 0.1) is 29.9 Å². The lowest BCUT2D eigenvalue weighted by Gasteiger charge is -2.32. The van der Waals surface area contributed by atoms with Gasteiger partial charge in [-0.25, -0.2) is 12.8 Å². The Morgan fingerprint density at radius 2 is 2.11 bits per heavy atom. The standard InChI is InChI=1S/C12H19FN2O3S/c13-7-11-8-15(5-6-18-11)19(16,17)10-12(9-14)3-1-2-4-12/h11H,1-8,10H2. The van der Waals surface area contributed by atoms with Gasteiger partial charge < -0.3 is 4.74 Å². The maximum absolute atomic E-state index is 12.6. The Labute approximate surface area is 113 Å². The van der Waals surface area contributed by atoms with Crippen molar-refractivity contribution in [2.45, 2.75) is 31.8 Å². The van der Waals surface area contributed by atoms with Crippen LogP contribution in [0.1, 0.15) is 25.7 Å². The van der Waals surface area contributed by atoms with Gasteiger partial charge in [0.25, 0.3) is 0 Å². The lowest BCUT2D eigenvalue weighted by molar-refractivity contribution is -0.0137. The SMILES string of the molecule is N#CC1(CS(=O)(=O)N2CCOC(CF)C2)CCCC1. The fourth-order valence-corrected chi connectivity index (χ4v) is 4.80. The molecule has 5 nitrogen and oxygen atoms in total. The smallest absolute Gasteiger partial charge is 0.215 e. The van der Waals surface area contributed by atoms with E-state index in [9.17, 15) is 18.1 Å². The number of rotatable bonds is 4. The molecular weight excluding hydrogens is 271 g/mol. The van der Waals surface area contributed by atoms with Crippen LogP contribution in [0.4, 0.5) is 4.39 Å². The number of alkyl halides is 1. The molecule has 1 unspecified atom stereocenters. The first-order valence-corrected chi connectivity index (χ1v) is 8.19. The van der Waals surface area contributed by atoms with Crippen molar-refractivity contribution < 1.29 is 17.5 Å². The first-order valence-electron chi connectivity index (χ1n) is 6.58. The fraction of sp³-hybridized carbons (Fsp3) is 0.917. The van der Waals surface area contributed by atoms with Crippen molar-refractivity contribution in [2.75, 3.05) is 32.1 Å². The zero-order valence-corrected chi connectivity index (χ0v) is 11.7. The number of nitrogens with zero attached hydrogens (tertiary/aromatic N) is 2. The quantitative estimate of drug-likeness (QED) is 0.776. The first-order chi connectivity index (χ1) is 9.01. The number of ether oxygens (including phenoxy) is 1. The van der Waals surface area contributed by atoms with Crippen molar-refractivity contribution >= 4 is 10.0 Å². The minimum atomic E-state index is -3.52. The summed E-state index contributed by atoms with van der Waals surface area (Å²) in [5.41, 5.74) is -0.748. The van der Waals surface area contributed by atoms with Gasteiger partial charge in [-0.3, -0.25) is 0 Å². The molecule has 19 heavy (non-hydrogen) atoms. The average Bonchev–Trinajstić information content (AvgIpc) is 2.87. The summed E-state index contributed by atoms with van der Waals surface area (Å²) in [7, 11) is -3.52. The molecule has 1 saturated heterocycles. The van der Waals surface area contributed by atoms with E-state index in [0.717, 1.165) is 12.8 Å². The molecule has 1 saturated carbocycles. The Hall–Kier alpha value is -0.710. The van der Waals surface area contributed by atoms with E-state index in [1.54, 1.807) is 0 Å². The third-order valence-corrected chi connectivity index (χ3v) is 5.96. The normalized spacial score (nSPS) is 28.1. The van der Waals surface area contributed by atoms with E-state index in [1.807, 2.05) is 0 Å². The Kier molecular flexibility index (Phi) is 4.43. The van der Waals surface area contributed by atoms with Crippen LogP contribution < -0.4 is 0 Å². The van der Waals surface area contributed by atoms with Crippen LogP contribution in [0.5, 0.6) is 0 Å². The van der Waals surface area contributed by atoms with Gasteiger partial charge in [-0.1, -0.05) is 12.8 Å². The molecule has 1 heterocycles. The molecule has 0 radical (unpaired) electrons. The van der Waals surface area contributed by atoms with Gasteiger partial charge in [0.2, 0.25) is 10.0 Å². The van der Waals surface area contributed by atoms with Crippen molar-refractivity contribution in [2.24, 2.45) is 5.41 Å². The molecule has 2 fully saturated rings.